The van der Waals surface area contributed by atoms with Crippen molar-refractivity contribution in [1.29, 1.82) is 0 Å². The monoisotopic (exact) mass is 196 g/mol. The Bertz CT molecular complexity index is 294. The molecule has 0 fully saturated rings. The molecule has 0 aliphatic carbocycles. The SMILES string of the molecule is CNCC(=O)OCCc1cccn1C. The zero-order chi connectivity index (χ0) is 10.4. The molecule has 0 spiro atoms. The van der Waals surface area contributed by atoms with Crippen molar-refractivity contribution in [3.05, 3.63) is 24.0 Å². The largest absolute Gasteiger partial charge is 0.464 e. The fourth-order valence-corrected chi connectivity index (χ4v) is 1.22. The van der Waals surface area contributed by atoms with Gasteiger partial charge in [-0.15, -0.1) is 0 Å². The van der Waals surface area contributed by atoms with Gasteiger partial charge >= 0.3 is 5.97 Å². The van der Waals surface area contributed by atoms with Crippen LogP contribution >= 0.6 is 0 Å². The first-order valence-electron chi connectivity index (χ1n) is 4.64. The molecule has 4 nitrogen and oxygen atoms in total. The number of esters is 1. The van der Waals surface area contributed by atoms with Gasteiger partial charge < -0.3 is 14.6 Å². The van der Waals surface area contributed by atoms with Crippen molar-refractivity contribution in [3.63, 3.8) is 0 Å². The molecule has 1 heterocycles. The summed E-state index contributed by atoms with van der Waals surface area (Å²) in [6.07, 6.45) is 2.74. The van der Waals surface area contributed by atoms with Gasteiger partial charge in [-0.05, 0) is 19.2 Å². The molecule has 1 rings (SSSR count). The number of likely N-dealkylation sites (N-methyl/N-ethyl adjacent to an activating group) is 1. The van der Waals surface area contributed by atoms with Gasteiger partial charge in [0.2, 0.25) is 0 Å². The lowest BCUT2D eigenvalue weighted by Gasteiger charge is -2.05. The van der Waals surface area contributed by atoms with Crippen LogP contribution in [0.1, 0.15) is 5.69 Å². The fraction of sp³-hybridized carbons (Fsp3) is 0.500. The van der Waals surface area contributed by atoms with E-state index in [-0.39, 0.29) is 12.5 Å². The molecule has 1 aromatic heterocycles. The molecule has 0 aliphatic rings. The first-order valence-corrected chi connectivity index (χ1v) is 4.64. The molecule has 0 bridgehead atoms. The van der Waals surface area contributed by atoms with Gasteiger partial charge in [-0.25, -0.2) is 0 Å². The summed E-state index contributed by atoms with van der Waals surface area (Å²) in [6, 6.07) is 4.00. The summed E-state index contributed by atoms with van der Waals surface area (Å²) in [5.41, 5.74) is 1.17. The normalized spacial score (nSPS) is 10.1. The van der Waals surface area contributed by atoms with Gasteiger partial charge in [0.15, 0.2) is 0 Å². The fourth-order valence-electron chi connectivity index (χ4n) is 1.22. The third-order valence-corrected chi connectivity index (χ3v) is 1.99. The maximum atomic E-state index is 11.0. The van der Waals surface area contributed by atoms with E-state index >= 15 is 0 Å². The van der Waals surface area contributed by atoms with Crippen LogP contribution in [0, 0.1) is 0 Å². The van der Waals surface area contributed by atoms with Gasteiger partial charge in [0.05, 0.1) is 13.2 Å². The number of nitrogens with zero attached hydrogens (tertiary/aromatic N) is 1. The molecule has 0 atom stereocenters. The zero-order valence-corrected chi connectivity index (χ0v) is 8.62. The van der Waals surface area contributed by atoms with E-state index < -0.39 is 0 Å². The van der Waals surface area contributed by atoms with Gasteiger partial charge in [-0.2, -0.15) is 0 Å². The zero-order valence-electron chi connectivity index (χ0n) is 8.62. The van der Waals surface area contributed by atoms with E-state index in [4.69, 9.17) is 4.74 Å². The molecular weight excluding hydrogens is 180 g/mol. The minimum Gasteiger partial charge on any atom is -0.464 e. The molecule has 78 valence electrons. The molecule has 1 N–H and O–H groups in total. The van der Waals surface area contributed by atoms with Crippen LogP contribution in [0.2, 0.25) is 0 Å². The van der Waals surface area contributed by atoms with Gasteiger partial charge in [-0.3, -0.25) is 4.79 Å². The van der Waals surface area contributed by atoms with Crippen LogP contribution in [0.15, 0.2) is 18.3 Å². The molecule has 0 unspecified atom stereocenters. The number of carbonyl (C=O) groups is 1. The number of nitrogens with one attached hydrogen (secondary N) is 1. The number of aromatic nitrogens is 1. The van der Waals surface area contributed by atoms with E-state index in [1.165, 1.54) is 5.69 Å². The first-order chi connectivity index (χ1) is 6.74. The smallest absolute Gasteiger partial charge is 0.319 e. The number of ether oxygens (including phenoxy) is 1. The Hall–Kier alpha value is -1.29. The van der Waals surface area contributed by atoms with Crippen LogP contribution in [0.4, 0.5) is 0 Å². The second-order valence-corrected chi connectivity index (χ2v) is 3.11. The summed E-state index contributed by atoms with van der Waals surface area (Å²) >= 11 is 0. The molecule has 14 heavy (non-hydrogen) atoms. The molecule has 4 heteroatoms. The minimum absolute atomic E-state index is 0.207. The Labute approximate surface area is 83.9 Å². The van der Waals surface area contributed by atoms with Crippen molar-refractivity contribution in [3.8, 4) is 0 Å². The molecule has 0 amide bonds. The van der Waals surface area contributed by atoms with E-state index in [9.17, 15) is 4.79 Å². The Kier molecular flexibility index (Phi) is 4.19. The van der Waals surface area contributed by atoms with E-state index in [1.54, 1.807) is 7.05 Å². The molecule has 1 aromatic rings. The standard InChI is InChI=1S/C10H16N2O2/c1-11-8-10(13)14-7-5-9-4-3-6-12(9)2/h3-4,6,11H,5,7-8H2,1-2H3. The number of hydrogen-bond acceptors (Lipinski definition) is 3. The van der Waals surface area contributed by atoms with E-state index in [0.717, 1.165) is 6.42 Å². The second kappa shape index (κ2) is 5.44. The van der Waals surface area contributed by atoms with Gasteiger partial charge in [0.1, 0.15) is 0 Å². The summed E-state index contributed by atoms with van der Waals surface area (Å²) in [5.74, 6) is -0.207. The number of carbonyl (C=O) groups excluding carboxylic acids is 1. The quantitative estimate of drug-likeness (QED) is 0.690. The third-order valence-electron chi connectivity index (χ3n) is 1.99. The summed E-state index contributed by atoms with van der Waals surface area (Å²) < 4.78 is 7.02. The molecule has 0 saturated heterocycles. The maximum Gasteiger partial charge on any atom is 0.319 e. The molecule has 0 aliphatic heterocycles. The van der Waals surface area contributed by atoms with Crippen LogP contribution in [-0.2, 0) is 23.0 Å². The van der Waals surface area contributed by atoms with Crippen molar-refractivity contribution >= 4 is 5.97 Å². The number of rotatable bonds is 5. The van der Waals surface area contributed by atoms with E-state index in [2.05, 4.69) is 5.32 Å². The average Bonchev–Trinajstić information content (AvgIpc) is 2.52. The van der Waals surface area contributed by atoms with Crippen molar-refractivity contribution in [2.24, 2.45) is 7.05 Å². The maximum absolute atomic E-state index is 11.0. The van der Waals surface area contributed by atoms with Crippen molar-refractivity contribution < 1.29 is 9.53 Å². The Morgan fingerprint density at radius 2 is 2.43 bits per heavy atom. The van der Waals surface area contributed by atoms with Crippen LogP contribution in [0.5, 0.6) is 0 Å². The molecule has 0 radical (unpaired) electrons. The Balaban J connectivity index is 2.22. The number of hydrogen-bond donors (Lipinski definition) is 1. The van der Waals surface area contributed by atoms with Crippen LogP contribution in [-0.4, -0.2) is 30.7 Å². The molecule has 0 aromatic carbocycles. The lowest BCUT2D eigenvalue weighted by molar-refractivity contribution is -0.142. The van der Waals surface area contributed by atoms with E-state index in [1.807, 2.05) is 29.9 Å². The lowest BCUT2D eigenvalue weighted by Crippen LogP contribution is -2.21. The molecule has 0 saturated carbocycles. The topological polar surface area (TPSA) is 43.3 Å². The van der Waals surface area contributed by atoms with Crippen molar-refractivity contribution in [2.45, 2.75) is 6.42 Å². The summed E-state index contributed by atoms with van der Waals surface area (Å²) in [5, 5.41) is 2.74. The van der Waals surface area contributed by atoms with Gasteiger partial charge in [-0.1, -0.05) is 0 Å². The summed E-state index contributed by atoms with van der Waals surface area (Å²) in [4.78, 5) is 11.0. The predicted molar refractivity (Wildman–Crippen MR) is 54.0 cm³/mol. The minimum atomic E-state index is -0.207. The highest BCUT2D eigenvalue weighted by atomic mass is 16.5. The Morgan fingerprint density at radius 3 is 3.00 bits per heavy atom. The highest BCUT2D eigenvalue weighted by Gasteiger charge is 2.01. The van der Waals surface area contributed by atoms with Crippen molar-refractivity contribution in [2.75, 3.05) is 20.2 Å². The predicted octanol–water partition coefficient (Wildman–Crippen LogP) is 0.330. The first kappa shape index (κ1) is 10.8. The van der Waals surface area contributed by atoms with Crippen molar-refractivity contribution in [1.82, 2.24) is 9.88 Å². The lowest BCUT2D eigenvalue weighted by atomic mass is 10.3. The summed E-state index contributed by atoms with van der Waals surface area (Å²) in [6.45, 7) is 0.714. The average molecular weight is 196 g/mol. The summed E-state index contributed by atoms with van der Waals surface area (Å²) in [7, 11) is 3.70. The number of aryl methyl sites for hydroxylation is 1. The van der Waals surface area contributed by atoms with Crippen LogP contribution in [0.3, 0.4) is 0 Å². The highest BCUT2D eigenvalue weighted by Crippen LogP contribution is 2.00. The van der Waals surface area contributed by atoms with Crippen LogP contribution < -0.4 is 5.32 Å². The highest BCUT2D eigenvalue weighted by molar-refractivity contribution is 5.71. The Morgan fingerprint density at radius 1 is 1.64 bits per heavy atom. The second-order valence-electron chi connectivity index (χ2n) is 3.11. The van der Waals surface area contributed by atoms with E-state index in [0.29, 0.717) is 6.61 Å². The van der Waals surface area contributed by atoms with Crippen LogP contribution in [0.25, 0.3) is 0 Å². The molecular formula is C10H16N2O2. The van der Waals surface area contributed by atoms with Gasteiger partial charge in [0.25, 0.3) is 0 Å². The van der Waals surface area contributed by atoms with Gasteiger partial charge in [0, 0.05) is 25.4 Å². The third kappa shape index (κ3) is 3.22.